The van der Waals surface area contributed by atoms with Gasteiger partial charge < -0.3 is 10.0 Å². The number of rotatable bonds is 6. The van der Waals surface area contributed by atoms with Crippen molar-refractivity contribution >= 4 is 34.2 Å². The third-order valence-electron chi connectivity index (χ3n) is 3.51. The van der Waals surface area contributed by atoms with Crippen LogP contribution in [0.3, 0.4) is 0 Å². The van der Waals surface area contributed by atoms with Crippen LogP contribution < -0.4 is 4.90 Å². The normalized spacial score (nSPS) is 18.2. The zero-order valence-corrected chi connectivity index (χ0v) is 13.4. The van der Waals surface area contributed by atoms with E-state index in [0.717, 1.165) is 35.7 Å². The van der Waals surface area contributed by atoms with E-state index in [1.807, 2.05) is 0 Å². The van der Waals surface area contributed by atoms with Crippen LogP contribution in [0, 0.1) is 0 Å². The molecule has 1 aromatic rings. The van der Waals surface area contributed by atoms with E-state index < -0.39 is 5.97 Å². The molecule has 1 aliphatic heterocycles. The lowest BCUT2D eigenvalue weighted by Crippen LogP contribution is -2.49. The van der Waals surface area contributed by atoms with Gasteiger partial charge in [-0.05, 0) is 13.3 Å². The van der Waals surface area contributed by atoms with Crippen LogP contribution in [-0.4, -0.2) is 64.1 Å². The Hall–Kier alpha value is -0.860. The third kappa shape index (κ3) is 4.07. The van der Waals surface area contributed by atoms with Gasteiger partial charge in [-0.1, -0.05) is 30.0 Å². The van der Waals surface area contributed by atoms with E-state index in [1.165, 1.54) is 29.5 Å². The van der Waals surface area contributed by atoms with Crippen molar-refractivity contribution in [3.8, 4) is 0 Å². The monoisotopic (exact) mass is 316 g/mol. The van der Waals surface area contributed by atoms with E-state index in [4.69, 9.17) is 5.11 Å². The molecule has 1 saturated heterocycles. The number of nitrogens with zero attached hydrogens (tertiary/aromatic N) is 4. The third-order valence-corrected chi connectivity index (χ3v) is 5.62. The Labute approximate surface area is 127 Å². The molecule has 1 unspecified atom stereocenters. The van der Waals surface area contributed by atoms with Gasteiger partial charge in [0.25, 0.3) is 0 Å². The van der Waals surface area contributed by atoms with Crippen molar-refractivity contribution in [2.75, 3.05) is 36.8 Å². The van der Waals surface area contributed by atoms with Crippen molar-refractivity contribution in [2.24, 2.45) is 0 Å². The molecule has 1 atom stereocenters. The van der Waals surface area contributed by atoms with Crippen molar-refractivity contribution in [3.63, 3.8) is 0 Å². The lowest BCUT2D eigenvalue weighted by molar-refractivity contribution is -0.133. The van der Waals surface area contributed by atoms with Gasteiger partial charge in [0.15, 0.2) is 4.34 Å². The van der Waals surface area contributed by atoms with Gasteiger partial charge in [-0.2, -0.15) is 0 Å². The molecule has 0 aromatic carbocycles. The summed E-state index contributed by atoms with van der Waals surface area (Å²) in [5.41, 5.74) is 0. The summed E-state index contributed by atoms with van der Waals surface area (Å²) >= 11 is 2.71. The Balaban J connectivity index is 1.86. The van der Waals surface area contributed by atoms with Crippen LogP contribution in [0.4, 0.5) is 5.13 Å². The number of carbonyl (C=O) groups is 1. The van der Waals surface area contributed by atoms with Crippen molar-refractivity contribution in [3.05, 3.63) is 0 Å². The highest BCUT2D eigenvalue weighted by molar-refractivity contribution is 8.01. The summed E-state index contributed by atoms with van der Waals surface area (Å²) in [6.45, 7) is 8.50. The van der Waals surface area contributed by atoms with Gasteiger partial charge in [0.1, 0.15) is 0 Å². The molecule has 0 saturated carbocycles. The molecule has 1 fully saturated rings. The largest absolute Gasteiger partial charge is 0.481 e. The Kier molecular flexibility index (Phi) is 5.62. The van der Waals surface area contributed by atoms with Crippen LogP contribution in [0.25, 0.3) is 0 Å². The summed E-state index contributed by atoms with van der Waals surface area (Å²) in [7, 11) is 0. The topological polar surface area (TPSA) is 69.6 Å². The number of aromatic nitrogens is 2. The molecule has 0 amide bonds. The average Bonchev–Trinajstić information content (AvgIpc) is 2.93. The van der Waals surface area contributed by atoms with Crippen molar-refractivity contribution in [2.45, 2.75) is 30.6 Å². The van der Waals surface area contributed by atoms with Crippen LogP contribution in [0.2, 0.25) is 0 Å². The van der Waals surface area contributed by atoms with Gasteiger partial charge in [-0.25, -0.2) is 0 Å². The van der Waals surface area contributed by atoms with E-state index in [1.54, 1.807) is 0 Å². The smallest absolute Gasteiger partial charge is 0.313 e. The summed E-state index contributed by atoms with van der Waals surface area (Å²) in [6.07, 6.45) is 1.18. The van der Waals surface area contributed by atoms with Gasteiger partial charge in [-0.15, -0.1) is 10.2 Å². The Morgan fingerprint density at radius 3 is 2.70 bits per heavy atom. The number of thioether (sulfide) groups is 1. The molecule has 0 radical (unpaired) electrons. The molecule has 20 heavy (non-hydrogen) atoms. The fourth-order valence-corrected chi connectivity index (χ4v) is 3.74. The molecule has 1 aromatic heterocycles. The molecule has 0 spiro atoms. The molecule has 0 aliphatic carbocycles. The standard InChI is InChI=1S/C12H20N4O2S2/c1-3-9(2)15-4-6-16(7-5-15)11-13-14-12(20-11)19-8-10(17)18/h9H,3-8H2,1-2H3,(H,17,18). The van der Waals surface area contributed by atoms with Gasteiger partial charge in [0.2, 0.25) is 5.13 Å². The first kappa shape index (κ1) is 15.5. The lowest BCUT2D eigenvalue weighted by atomic mass is 10.2. The van der Waals surface area contributed by atoms with Gasteiger partial charge in [0.05, 0.1) is 5.75 Å². The molecule has 2 heterocycles. The highest BCUT2D eigenvalue weighted by atomic mass is 32.2. The minimum atomic E-state index is -0.825. The fraction of sp³-hybridized carbons (Fsp3) is 0.750. The van der Waals surface area contributed by atoms with Crippen LogP contribution in [-0.2, 0) is 4.79 Å². The molecule has 6 nitrogen and oxygen atoms in total. The molecule has 1 N–H and O–H groups in total. The van der Waals surface area contributed by atoms with E-state index in [-0.39, 0.29) is 5.75 Å². The fourth-order valence-electron chi connectivity index (χ4n) is 2.12. The SMILES string of the molecule is CCC(C)N1CCN(c2nnc(SCC(=O)O)s2)CC1. The summed E-state index contributed by atoms with van der Waals surface area (Å²) in [5.74, 6) is -0.787. The zero-order valence-electron chi connectivity index (χ0n) is 11.8. The van der Waals surface area contributed by atoms with Crippen molar-refractivity contribution in [1.82, 2.24) is 15.1 Å². The van der Waals surface area contributed by atoms with Crippen LogP contribution in [0.15, 0.2) is 4.34 Å². The van der Waals surface area contributed by atoms with E-state index >= 15 is 0 Å². The first-order chi connectivity index (χ1) is 9.60. The molecular weight excluding hydrogens is 296 g/mol. The number of hydrogen-bond donors (Lipinski definition) is 1. The number of carboxylic acid groups (broad SMARTS) is 1. The van der Waals surface area contributed by atoms with Gasteiger partial charge in [0, 0.05) is 32.2 Å². The quantitative estimate of drug-likeness (QED) is 0.800. The predicted molar refractivity (Wildman–Crippen MR) is 81.8 cm³/mol. The Morgan fingerprint density at radius 2 is 2.10 bits per heavy atom. The summed E-state index contributed by atoms with van der Waals surface area (Å²) < 4.78 is 0.728. The second-order valence-corrected chi connectivity index (χ2v) is 6.99. The maximum atomic E-state index is 10.5. The van der Waals surface area contributed by atoms with Crippen LogP contribution in [0.1, 0.15) is 20.3 Å². The van der Waals surface area contributed by atoms with Crippen LogP contribution in [0.5, 0.6) is 0 Å². The number of aliphatic carboxylic acids is 1. The first-order valence-electron chi connectivity index (χ1n) is 6.77. The maximum absolute atomic E-state index is 10.5. The zero-order chi connectivity index (χ0) is 14.5. The molecule has 2 rings (SSSR count). The molecule has 0 bridgehead atoms. The number of anilines is 1. The average molecular weight is 316 g/mol. The second-order valence-electron chi connectivity index (χ2n) is 4.81. The van der Waals surface area contributed by atoms with E-state index in [0.29, 0.717) is 6.04 Å². The second kappa shape index (κ2) is 7.24. The van der Waals surface area contributed by atoms with Crippen molar-refractivity contribution in [1.29, 1.82) is 0 Å². The molecule has 1 aliphatic rings. The highest BCUT2D eigenvalue weighted by Crippen LogP contribution is 2.28. The van der Waals surface area contributed by atoms with Gasteiger partial charge >= 0.3 is 5.97 Å². The Bertz CT molecular complexity index is 446. The van der Waals surface area contributed by atoms with E-state index in [2.05, 4.69) is 33.8 Å². The van der Waals surface area contributed by atoms with Crippen molar-refractivity contribution < 1.29 is 9.90 Å². The maximum Gasteiger partial charge on any atom is 0.313 e. The molecule has 112 valence electrons. The lowest BCUT2D eigenvalue weighted by Gasteiger charge is -2.37. The number of carboxylic acids is 1. The minimum absolute atomic E-state index is 0.0381. The Morgan fingerprint density at radius 1 is 1.40 bits per heavy atom. The number of hydrogen-bond acceptors (Lipinski definition) is 7. The summed E-state index contributed by atoms with van der Waals surface area (Å²) in [6, 6.07) is 0.633. The van der Waals surface area contributed by atoms with Gasteiger partial charge in [-0.3, -0.25) is 9.69 Å². The molecule has 8 heteroatoms. The summed E-state index contributed by atoms with van der Waals surface area (Å²) in [5, 5.41) is 17.8. The van der Waals surface area contributed by atoms with E-state index in [9.17, 15) is 4.79 Å². The number of piperazine rings is 1. The summed E-state index contributed by atoms with van der Waals surface area (Å²) in [4.78, 5) is 15.3. The molecular formula is C12H20N4O2S2. The predicted octanol–water partition coefficient (Wildman–Crippen LogP) is 1.64. The highest BCUT2D eigenvalue weighted by Gasteiger charge is 2.22. The minimum Gasteiger partial charge on any atom is -0.481 e. The van der Waals surface area contributed by atoms with Crippen LogP contribution >= 0.6 is 23.1 Å². The first-order valence-corrected chi connectivity index (χ1v) is 8.57.